The predicted octanol–water partition coefficient (Wildman–Crippen LogP) is 2.49. The van der Waals surface area contributed by atoms with E-state index in [2.05, 4.69) is 22.5 Å². The highest BCUT2D eigenvalue weighted by Crippen LogP contribution is 2.15. The summed E-state index contributed by atoms with van der Waals surface area (Å²) in [6.07, 6.45) is 5.83. The third-order valence-corrected chi connectivity index (χ3v) is 2.93. The molecule has 4 heteroatoms. The number of anilines is 2. The van der Waals surface area contributed by atoms with E-state index in [9.17, 15) is 0 Å². The van der Waals surface area contributed by atoms with E-state index in [-0.39, 0.29) is 0 Å². The molecule has 0 amide bonds. The minimum absolute atomic E-state index is 0.361. The van der Waals surface area contributed by atoms with Crippen molar-refractivity contribution in [2.75, 3.05) is 30.3 Å². The second kappa shape index (κ2) is 6.45. The van der Waals surface area contributed by atoms with Crippen LogP contribution in [0.15, 0.2) is 18.3 Å². The average Bonchev–Trinajstić information content (AvgIpc) is 2.39. The van der Waals surface area contributed by atoms with Gasteiger partial charge in [-0.15, -0.1) is 0 Å². The number of pyridine rings is 1. The number of rotatable bonds is 5. The van der Waals surface area contributed by atoms with Gasteiger partial charge < -0.3 is 15.4 Å². The summed E-state index contributed by atoms with van der Waals surface area (Å²) in [7, 11) is 0. The maximum absolute atomic E-state index is 5.68. The van der Waals surface area contributed by atoms with Crippen LogP contribution in [0.25, 0.3) is 0 Å². The number of nitrogens with one attached hydrogen (secondary N) is 2. The molecule has 1 aliphatic heterocycles. The highest BCUT2D eigenvalue weighted by molar-refractivity contribution is 5.51. The van der Waals surface area contributed by atoms with Crippen LogP contribution in [-0.2, 0) is 4.74 Å². The van der Waals surface area contributed by atoms with Gasteiger partial charge in [-0.25, -0.2) is 4.98 Å². The summed E-state index contributed by atoms with van der Waals surface area (Å²) in [6.45, 7) is 4.75. The lowest BCUT2D eigenvalue weighted by Gasteiger charge is -2.23. The van der Waals surface area contributed by atoms with Crippen molar-refractivity contribution in [3.8, 4) is 0 Å². The van der Waals surface area contributed by atoms with E-state index in [0.717, 1.165) is 37.6 Å². The number of ether oxygens (including phenoxy) is 1. The normalized spacial score (nSPS) is 19.9. The Bertz CT molecular complexity index is 337. The Kier molecular flexibility index (Phi) is 4.62. The van der Waals surface area contributed by atoms with Crippen LogP contribution in [0.3, 0.4) is 0 Å². The van der Waals surface area contributed by atoms with Crippen LogP contribution in [-0.4, -0.2) is 30.8 Å². The second-order valence-corrected chi connectivity index (χ2v) is 4.33. The molecule has 2 rings (SSSR count). The van der Waals surface area contributed by atoms with E-state index >= 15 is 0 Å². The summed E-state index contributed by atoms with van der Waals surface area (Å²) >= 11 is 0. The summed E-state index contributed by atoms with van der Waals surface area (Å²) in [5, 5.41) is 6.61. The quantitative estimate of drug-likeness (QED) is 0.823. The van der Waals surface area contributed by atoms with Gasteiger partial charge in [-0.2, -0.15) is 0 Å². The van der Waals surface area contributed by atoms with Gasteiger partial charge in [-0.3, -0.25) is 0 Å². The van der Waals surface area contributed by atoms with Crippen LogP contribution in [0.5, 0.6) is 0 Å². The Balaban J connectivity index is 1.83. The number of nitrogens with zero attached hydrogens (tertiary/aromatic N) is 1. The molecule has 1 atom stereocenters. The van der Waals surface area contributed by atoms with Gasteiger partial charge in [0, 0.05) is 37.6 Å². The van der Waals surface area contributed by atoms with E-state index < -0.39 is 0 Å². The van der Waals surface area contributed by atoms with Gasteiger partial charge in [0.25, 0.3) is 0 Å². The molecule has 2 heterocycles. The number of aromatic nitrogens is 1. The van der Waals surface area contributed by atoms with E-state index in [1.54, 1.807) is 0 Å². The van der Waals surface area contributed by atoms with Gasteiger partial charge >= 0.3 is 0 Å². The van der Waals surface area contributed by atoms with Crippen molar-refractivity contribution in [2.24, 2.45) is 0 Å². The molecule has 2 N–H and O–H groups in total. The van der Waals surface area contributed by atoms with Crippen LogP contribution < -0.4 is 10.6 Å². The Morgan fingerprint density at radius 3 is 3.12 bits per heavy atom. The highest BCUT2D eigenvalue weighted by atomic mass is 16.5. The second-order valence-electron chi connectivity index (χ2n) is 4.33. The minimum Gasteiger partial charge on any atom is -0.382 e. The van der Waals surface area contributed by atoms with Gasteiger partial charge in [0.15, 0.2) is 0 Å². The molecule has 0 aliphatic carbocycles. The fraction of sp³-hybridized carbons (Fsp3) is 0.615. The van der Waals surface area contributed by atoms with Crippen molar-refractivity contribution in [3.63, 3.8) is 0 Å². The van der Waals surface area contributed by atoms with E-state index in [0.29, 0.717) is 6.10 Å². The molecule has 1 unspecified atom stereocenters. The molecule has 1 aromatic heterocycles. The smallest absolute Gasteiger partial charge is 0.127 e. The molecule has 1 fully saturated rings. The Morgan fingerprint density at radius 2 is 2.35 bits per heavy atom. The van der Waals surface area contributed by atoms with Gasteiger partial charge in [-0.05, 0) is 32.3 Å². The van der Waals surface area contributed by atoms with E-state index in [1.165, 1.54) is 12.8 Å². The van der Waals surface area contributed by atoms with Gasteiger partial charge in [0.05, 0.1) is 6.10 Å². The van der Waals surface area contributed by atoms with Gasteiger partial charge in [-0.1, -0.05) is 0 Å². The van der Waals surface area contributed by atoms with Crippen LogP contribution in [0.2, 0.25) is 0 Å². The maximum atomic E-state index is 5.68. The van der Waals surface area contributed by atoms with E-state index in [1.807, 2.05) is 18.3 Å². The summed E-state index contributed by atoms with van der Waals surface area (Å²) < 4.78 is 5.68. The van der Waals surface area contributed by atoms with Crippen molar-refractivity contribution in [3.05, 3.63) is 18.3 Å². The van der Waals surface area contributed by atoms with Crippen molar-refractivity contribution in [2.45, 2.75) is 32.3 Å². The monoisotopic (exact) mass is 235 g/mol. The molecule has 1 aromatic rings. The lowest BCUT2D eigenvalue weighted by atomic mass is 10.1. The summed E-state index contributed by atoms with van der Waals surface area (Å²) in [4.78, 5) is 4.24. The third kappa shape index (κ3) is 3.89. The summed E-state index contributed by atoms with van der Waals surface area (Å²) in [5.41, 5.74) is 1.10. The molecule has 0 saturated carbocycles. The highest BCUT2D eigenvalue weighted by Gasteiger charge is 2.13. The van der Waals surface area contributed by atoms with Crippen molar-refractivity contribution < 1.29 is 4.74 Å². The van der Waals surface area contributed by atoms with Crippen molar-refractivity contribution in [1.82, 2.24) is 4.98 Å². The fourth-order valence-electron chi connectivity index (χ4n) is 2.02. The Labute approximate surface area is 103 Å². The molecule has 4 nitrogen and oxygen atoms in total. The maximum Gasteiger partial charge on any atom is 0.127 e. The van der Waals surface area contributed by atoms with Crippen LogP contribution in [0.4, 0.5) is 11.5 Å². The minimum atomic E-state index is 0.361. The van der Waals surface area contributed by atoms with Gasteiger partial charge in [0.1, 0.15) is 5.82 Å². The summed E-state index contributed by atoms with van der Waals surface area (Å²) in [5.74, 6) is 0.919. The average molecular weight is 235 g/mol. The lowest BCUT2D eigenvalue weighted by Crippen LogP contribution is -2.26. The first-order valence-electron chi connectivity index (χ1n) is 6.44. The van der Waals surface area contributed by atoms with Crippen molar-refractivity contribution >= 4 is 11.5 Å². The van der Waals surface area contributed by atoms with Gasteiger partial charge in [0.2, 0.25) is 0 Å². The topological polar surface area (TPSA) is 46.2 Å². The van der Waals surface area contributed by atoms with Crippen LogP contribution in [0, 0.1) is 0 Å². The molecule has 17 heavy (non-hydrogen) atoms. The predicted molar refractivity (Wildman–Crippen MR) is 70.5 cm³/mol. The zero-order valence-electron chi connectivity index (χ0n) is 10.4. The standard InChI is InChI=1S/C13H21N3O/c1-2-14-13-9-11(6-7-15-13)16-10-12-5-3-4-8-17-12/h6-7,9,12H,2-5,8,10H2,1H3,(H2,14,15,16). The molecule has 0 radical (unpaired) electrons. The molecule has 0 bridgehead atoms. The Hall–Kier alpha value is -1.29. The van der Waals surface area contributed by atoms with Crippen LogP contribution >= 0.6 is 0 Å². The van der Waals surface area contributed by atoms with E-state index in [4.69, 9.17) is 4.74 Å². The molecular weight excluding hydrogens is 214 g/mol. The largest absolute Gasteiger partial charge is 0.382 e. The third-order valence-electron chi connectivity index (χ3n) is 2.93. The zero-order valence-corrected chi connectivity index (χ0v) is 10.4. The SMILES string of the molecule is CCNc1cc(NCC2CCCCO2)ccn1. The molecule has 0 aromatic carbocycles. The molecule has 0 spiro atoms. The number of hydrogen-bond donors (Lipinski definition) is 2. The first-order valence-corrected chi connectivity index (χ1v) is 6.44. The summed E-state index contributed by atoms with van der Waals surface area (Å²) in [6, 6.07) is 4.02. The number of hydrogen-bond acceptors (Lipinski definition) is 4. The molecular formula is C13H21N3O. The molecule has 94 valence electrons. The fourth-order valence-corrected chi connectivity index (χ4v) is 2.02. The molecule has 1 saturated heterocycles. The zero-order chi connectivity index (χ0) is 11.9. The molecule has 1 aliphatic rings. The van der Waals surface area contributed by atoms with Crippen molar-refractivity contribution in [1.29, 1.82) is 0 Å². The first-order chi connectivity index (χ1) is 8.38. The lowest BCUT2D eigenvalue weighted by molar-refractivity contribution is 0.0247. The Morgan fingerprint density at radius 1 is 1.41 bits per heavy atom. The first kappa shape index (κ1) is 12.2. The van der Waals surface area contributed by atoms with Crippen LogP contribution in [0.1, 0.15) is 26.2 Å².